The molecular formula is C7H11F2NO2. The van der Waals surface area contributed by atoms with Crippen LogP contribution in [0.15, 0.2) is 0 Å². The summed E-state index contributed by atoms with van der Waals surface area (Å²) in [5, 5.41) is 8.12. The first kappa shape index (κ1) is 9.38. The molecule has 1 aliphatic rings. The Bertz CT molecular complexity index is 192. The Labute approximate surface area is 69.0 Å². The molecule has 0 unspecified atom stereocenters. The van der Waals surface area contributed by atoms with Crippen LogP contribution in [0.4, 0.5) is 8.78 Å². The number of alkyl halides is 2. The number of carboxylic acids is 1. The summed E-state index contributed by atoms with van der Waals surface area (Å²) >= 11 is 0. The quantitative estimate of drug-likeness (QED) is 0.694. The van der Waals surface area contributed by atoms with E-state index in [-0.39, 0.29) is 6.04 Å². The Hall–Kier alpha value is -0.710. The molecule has 0 aromatic rings. The third-order valence-corrected chi connectivity index (χ3v) is 1.93. The molecule has 0 saturated heterocycles. The fourth-order valence-electron chi connectivity index (χ4n) is 1.03. The molecule has 0 heterocycles. The molecule has 12 heavy (non-hydrogen) atoms. The van der Waals surface area contributed by atoms with Crippen molar-refractivity contribution in [2.45, 2.75) is 24.8 Å². The van der Waals surface area contributed by atoms with Crippen LogP contribution in [0, 0.1) is 0 Å². The van der Waals surface area contributed by atoms with Crippen molar-refractivity contribution >= 4 is 5.97 Å². The summed E-state index contributed by atoms with van der Waals surface area (Å²) in [6.45, 7) is -0.688. The van der Waals surface area contributed by atoms with Gasteiger partial charge < -0.3 is 5.11 Å². The van der Waals surface area contributed by atoms with Gasteiger partial charge >= 0.3 is 11.9 Å². The highest BCUT2D eigenvalue weighted by Gasteiger charge is 2.42. The van der Waals surface area contributed by atoms with E-state index in [2.05, 4.69) is 0 Å². The van der Waals surface area contributed by atoms with Crippen LogP contribution >= 0.6 is 0 Å². The number of halogens is 2. The number of aliphatic carboxylic acids is 1. The van der Waals surface area contributed by atoms with Gasteiger partial charge in [0.05, 0.1) is 6.54 Å². The van der Waals surface area contributed by atoms with Gasteiger partial charge in [-0.25, -0.2) is 4.79 Å². The molecule has 1 aliphatic carbocycles. The molecule has 1 rings (SSSR count). The Kier molecular flexibility index (Phi) is 2.32. The lowest BCUT2D eigenvalue weighted by Gasteiger charge is -2.19. The molecule has 70 valence electrons. The molecule has 0 bridgehead atoms. The van der Waals surface area contributed by atoms with Gasteiger partial charge in [0.15, 0.2) is 0 Å². The molecule has 0 amide bonds. The van der Waals surface area contributed by atoms with E-state index in [9.17, 15) is 13.6 Å². The number of hydrogen-bond donors (Lipinski definition) is 1. The van der Waals surface area contributed by atoms with Crippen LogP contribution in [-0.2, 0) is 4.79 Å². The van der Waals surface area contributed by atoms with E-state index in [1.807, 2.05) is 0 Å². The zero-order chi connectivity index (χ0) is 9.35. The molecule has 3 nitrogen and oxygen atoms in total. The van der Waals surface area contributed by atoms with E-state index in [1.165, 1.54) is 11.9 Å². The lowest BCUT2D eigenvalue weighted by Crippen LogP contribution is -2.41. The van der Waals surface area contributed by atoms with E-state index in [0.717, 1.165) is 12.8 Å². The molecule has 0 aromatic carbocycles. The third-order valence-electron chi connectivity index (χ3n) is 1.93. The first-order chi connectivity index (χ1) is 5.43. The Morgan fingerprint density at radius 3 is 2.50 bits per heavy atom. The van der Waals surface area contributed by atoms with Crippen LogP contribution in [0.1, 0.15) is 12.8 Å². The summed E-state index contributed by atoms with van der Waals surface area (Å²) in [6, 6.07) is 0.162. The second kappa shape index (κ2) is 2.97. The second-order valence-corrected chi connectivity index (χ2v) is 3.16. The summed E-state index contributed by atoms with van der Waals surface area (Å²) in [4.78, 5) is 11.4. The first-order valence-corrected chi connectivity index (χ1v) is 3.75. The first-order valence-electron chi connectivity index (χ1n) is 3.75. The standard InChI is InChI=1S/C7H11F2NO2/c1-10(5-2-3-5)4-7(8,9)6(11)12/h5H,2-4H2,1H3,(H,11,12). The van der Waals surface area contributed by atoms with Crippen LogP contribution < -0.4 is 0 Å². The normalized spacial score (nSPS) is 18.3. The highest BCUT2D eigenvalue weighted by Crippen LogP contribution is 2.27. The molecule has 1 N–H and O–H groups in total. The number of rotatable bonds is 4. The Balaban J connectivity index is 2.42. The van der Waals surface area contributed by atoms with E-state index in [0.29, 0.717) is 0 Å². The summed E-state index contributed by atoms with van der Waals surface area (Å²) in [5.41, 5.74) is 0. The highest BCUT2D eigenvalue weighted by molar-refractivity contribution is 5.75. The van der Waals surface area contributed by atoms with Crippen LogP contribution in [-0.4, -0.2) is 41.5 Å². The summed E-state index contributed by atoms with van der Waals surface area (Å²) < 4.78 is 25.1. The van der Waals surface area contributed by atoms with Gasteiger partial charge in [-0.1, -0.05) is 0 Å². The minimum Gasteiger partial charge on any atom is -0.477 e. The van der Waals surface area contributed by atoms with Gasteiger partial charge in [-0.3, -0.25) is 4.90 Å². The number of carboxylic acid groups (broad SMARTS) is 1. The molecule has 1 fully saturated rings. The molecule has 0 atom stereocenters. The van der Waals surface area contributed by atoms with Crippen LogP contribution in [0.25, 0.3) is 0 Å². The van der Waals surface area contributed by atoms with Crippen molar-refractivity contribution in [3.8, 4) is 0 Å². The maximum absolute atomic E-state index is 12.5. The Morgan fingerprint density at radius 1 is 1.67 bits per heavy atom. The largest absolute Gasteiger partial charge is 0.477 e. The molecule has 0 aliphatic heterocycles. The van der Waals surface area contributed by atoms with Gasteiger partial charge in [0.1, 0.15) is 0 Å². The molecular weight excluding hydrogens is 168 g/mol. The monoisotopic (exact) mass is 179 g/mol. The van der Waals surface area contributed by atoms with E-state index >= 15 is 0 Å². The van der Waals surface area contributed by atoms with Gasteiger partial charge in [-0.05, 0) is 19.9 Å². The van der Waals surface area contributed by atoms with Gasteiger partial charge in [-0.2, -0.15) is 8.78 Å². The molecule has 1 saturated carbocycles. The molecule has 0 radical (unpaired) electrons. The second-order valence-electron chi connectivity index (χ2n) is 3.16. The van der Waals surface area contributed by atoms with E-state index in [4.69, 9.17) is 5.11 Å². The molecule has 0 spiro atoms. The summed E-state index contributed by atoms with van der Waals surface area (Å²) in [6.07, 6.45) is 1.79. The fourth-order valence-corrected chi connectivity index (χ4v) is 1.03. The number of nitrogens with zero attached hydrogens (tertiary/aromatic N) is 1. The Morgan fingerprint density at radius 2 is 2.17 bits per heavy atom. The van der Waals surface area contributed by atoms with Crippen LogP contribution in [0.3, 0.4) is 0 Å². The zero-order valence-electron chi connectivity index (χ0n) is 6.76. The van der Waals surface area contributed by atoms with Crippen molar-refractivity contribution in [1.29, 1.82) is 0 Å². The van der Waals surface area contributed by atoms with Crippen molar-refractivity contribution in [1.82, 2.24) is 4.90 Å². The lowest BCUT2D eigenvalue weighted by molar-refractivity contribution is -0.167. The number of hydrogen-bond acceptors (Lipinski definition) is 2. The lowest BCUT2D eigenvalue weighted by atomic mass is 10.3. The van der Waals surface area contributed by atoms with Crippen molar-refractivity contribution < 1.29 is 18.7 Å². The average molecular weight is 179 g/mol. The van der Waals surface area contributed by atoms with Crippen molar-refractivity contribution in [3.05, 3.63) is 0 Å². The SMILES string of the molecule is CN(CC(F)(F)C(=O)O)C1CC1. The summed E-state index contributed by atoms with van der Waals surface area (Å²) in [7, 11) is 1.52. The summed E-state index contributed by atoms with van der Waals surface area (Å²) in [5.74, 6) is -5.66. The average Bonchev–Trinajstić information content (AvgIpc) is 2.65. The predicted molar refractivity (Wildman–Crippen MR) is 38.2 cm³/mol. The van der Waals surface area contributed by atoms with Gasteiger partial charge in [0.2, 0.25) is 0 Å². The highest BCUT2D eigenvalue weighted by atomic mass is 19.3. The number of carbonyl (C=O) groups is 1. The fraction of sp³-hybridized carbons (Fsp3) is 0.857. The topological polar surface area (TPSA) is 40.5 Å². The van der Waals surface area contributed by atoms with E-state index < -0.39 is 18.4 Å². The van der Waals surface area contributed by atoms with Gasteiger partial charge in [-0.15, -0.1) is 0 Å². The maximum atomic E-state index is 12.5. The van der Waals surface area contributed by atoms with Crippen molar-refractivity contribution in [2.75, 3.05) is 13.6 Å². The van der Waals surface area contributed by atoms with Crippen molar-refractivity contribution in [2.24, 2.45) is 0 Å². The maximum Gasteiger partial charge on any atom is 0.375 e. The van der Waals surface area contributed by atoms with E-state index in [1.54, 1.807) is 0 Å². The van der Waals surface area contributed by atoms with Crippen molar-refractivity contribution in [3.63, 3.8) is 0 Å². The smallest absolute Gasteiger partial charge is 0.375 e. The molecule has 0 aromatic heterocycles. The predicted octanol–water partition coefficient (Wildman–Crippen LogP) is 0.800. The minimum absolute atomic E-state index is 0.162. The van der Waals surface area contributed by atoms with Crippen LogP contribution in [0.5, 0.6) is 0 Å². The molecule has 5 heteroatoms. The third kappa shape index (κ3) is 2.14. The van der Waals surface area contributed by atoms with Crippen LogP contribution in [0.2, 0.25) is 0 Å². The van der Waals surface area contributed by atoms with Gasteiger partial charge in [0.25, 0.3) is 0 Å². The zero-order valence-corrected chi connectivity index (χ0v) is 6.76. The minimum atomic E-state index is -3.61. The van der Waals surface area contributed by atoms with Gasteiger partial charge in [0, 0.05) is 6.04 Å².